The maximum atomic E-state index is 12.3. The number of amides is 1. The zero-order chi connectivity index (χ0) is 14.4. The molecule has 0 bridgehead atoms. The Hall–Kier alpha value is -1.68. The van der Waals surface area contributed by atoms with Gasteiger partial charge >= 0.3 is 0 Å². The minimum atomic E-state index is 0.0321. The summed E-state index contributed by atoms with van der Waals surface area (Å²) in [5.74, 6) is 0.0321. The molecule has 1 amide bonds. The van der Waals surface area contributed by atoms with Gasteiger partial charge in [0, 0.05) is 37.7 Å². The van der Waals surface area contributed by atoms with E-state index in [0.29, 0.717) is 6.42 Å². The summed E-state index contributed by atoms with van der Waals surface area (Å²) < 4.78 is 0. The standard InChI is InChI=1S/C16H22N2O2/c1-13-10-14(12-17-11-13)5-6-16(20)18-8-3-2-4-15(18)7-9-19/h5-6,10-12,15,19H,2-4,7-9H2,1H3/b6-5+. The molecule has 0 aromatic carbocycles. The summed E-state index contributed by atoms with van der Waals surface area (Å²) in [7, 11) is 0. The van der Waals surface area contributed by atoms with Crippen molar-refractivity contribution in [1.82, 2.24) is 9.88 Å². The fourth-order valence-corrected chi connectivity index (χ4v) is 2.67. The van der Waals surface area contributed by atoms with Crippen LogP contribution in [0.3, 0.4) is 0 Å². The third-order valence-corrected chi connectivity index (χ3v) is 3.69. The lowest BCUT2D eigenvalue weighted by Gasteiger charge is -2.34. The first-order valence-electron chi connectivity index (χ1n) is 7.22. The van der Waals surface area contributed by atoms with Crippen LogP contribution in [0.1, 0.15) is 36.8 Å². The smallest absolute Gasteiger partial charge is 0.246 e. The average molecular weight is 274 g/mol. The summed E-state index contributed by atoms with van der Waals surface area (Å²) in [6, 6.07) is 2.18. The van der Waals surface area contributed by atoms with E-state index in [9.17, 15) is 4.79 Å². The number of carbonyl (C=O) groups is 1. The molecule has 4 heteroatoms. The van der Waals surface area contributed by atoms with E-state index in [0.717, 1.165) is 36.9 Å². The van der Waals surface area contributed by atoms with Crippen LogP contribution in [0.15, 0.2) is 24.5 Å². The molecule has 1 aliphatic rings. The molecular weight excluding hydrogens is 252 g/mol. The Kier molecular flexibility index (Phi) is 5.30. The Morgan fingerprint density at radius 1 is 1.50 bits per heavy atom. The molecule has 20 heavy (non-hydrogen) atoms. The maximum absolute atomic E-state index is 12.3. The van der Waals surface area contributed by atoms with E-state index in [2.05, 4.69) is 4.98 Å². The Bertz CT molecular complexity index is 483. The highest BCUT2D eigenvalue weighted by Gasteiger charge is 2.24. The highest BCUT2D eigenvalue weighted by molar-refractivity contribution is 5.92. The van der Waals surface area contributed by atoms with Crippen LogP contribution in [0.25, 0.3) is 6.08 Å². The van der Waals surface area contributed by atoms with E-state index >= 15 is 0 Å². The van der Waals surface area contributed by atoms with Crippen molar-refractivity contribution < 1.29 is 9.90 Å². The number of piperidine rings is 1. The van der Waals surface area contributed by atoms with E-state index < -0.39 is 0 Å². The lowest BCUT2D eigenvalue weighted by Crippen LogP contribution is -2.43. The molecule has 1 aliphatic heterocycles. The molecular formula is C16H22N2O2. The number of aryl methyl sites for hydroxylation is 1. The number of aliphatic hydroxyl groups is 1. The average Bonchev–Trinajstić information content (AvgIpc) is 2.46. The summed E-state index contributed by atoms with van der Waals surface area (Å²) in [5.41, 5.74) is 2.02. The predicted molar refractivity (Wildman–Crippen MR) is 79.1 cm³/mol. The van der Waals surface area contributed by atoms with Crippen molar-refractivity contribution in [3.8, 4) is 0 Å². The van der Waals surface area contributed by atoms with Crippen LogP contribution in [0, 0.1) is 6.92 Å². The molecule has 0 aliphatic carbocycles. The zero-order valence-electron chi connectivity index (χ0n) is 12.0. The van der Waals surface area contributed by atoms with Gasteiger partial charge in [0.25, 0.3) is 0 Å². The van der Waals surface area contributed by atoms with Crippen LogP contribution in [-0.4, -0.2) is 40.1 Å². The quantitative estimate of drug-likeness (QED) is 0.856. The van der Waals surface area contributed by atoms with Crippen LogP contribution in [-0.2, 0) is 4.79 Å². The molecule has 108 valence electrons. The second-order valence-electron chi connectivity index (χ2n) is 5.32. The molecule has 1 N–H and O–H groups in total. The van der Waals surface area contributed by atoms with E-state index in [-0.39, 0.29) is 18.6 Å². The van der Waals surface area contributed by atoms with Gasteiger partial charge in [0.15, 0.2) is 0 Å². The summed E-state index contributed by atoms with van der Waals surface area (Å²) in [6.07, 6.45) is 10.8. The lowest BCUT2D eigenvalue weighted by atomic mass is 9.99. The van der Waals surface area contributed by atoms with Crippen molar-refractivity contribution >= 4 is 12.0 Å². The molecule has 2 rings (SSSR count). The first-order chi connectivity index (χ1) is 9.70. The van der Waals surface area contributed by atoms with Gasteiger partial charge in [-0.1, -0.05) is 0 Å². The van der Waals surface area contributed by atoms with Crippen LogP contribution in [0.5, 0.6) is 0 Å². The van der Waals surface area contributed by atoms with Crippen molar-refractivity contribution in [3.05, 3.63) is 35.7 Å². The molecule has 0 saturated carbocycles. The van der Waals surface area contributed by atoms with Gasteiger partial charge in [-0.25, -0.2) is 0 Å². The molecule has 1 saturated heterocycles. The van der Waals surface area contributed by atoms with Crippen molar-refractivity contribution in [2.75, 3.05) is 13.2 Å². The number of aromatic nitrogens is 1. The first kappa shape index (κ1) is 14.7. The molecule has 4 nitrogen and oxygen atoms in total. The number of pyridine rings is 1. The summed E-state index contributed by atoms with van der Waals surface area (Å²) in [4.78, 5) is 18.3. The molecule has 1 aromatic heterocycles. The van der Waals surface area contributed by atoms with Gasteiger partial charge < -0.3 is 10.0 Å². The van der Waals surface area contributed by atoms with Crippen LogP contribution >= 0.6 is 0 Å². The van der Waals surface area contributed by atoms with Crippen molar-refractivity contribution in [1.29, 1.82) is 0 Å². The molecule has 1 aromatic rings. The first-order valence-corrected chi connectivity index (χ1v) is 7.22. The van der Waals surface area contributed by atoms with E-state index in [1.807, 2.05) is 24.0 Å². The van der Waals surface area contributed by atoms with Crippen molar-refractivity contribution in [2.45, 2.75) is 38.6 Å². The van der Waals surface area contributed by atoms with Gasteiger partial charge in [-0.15, -0.1) is 0 Å². The summed E-state index contributed by atoms with van der Waals surface area (Å²) in [6.45, 7) is 2.91. The Balaban J connectivity index is 2.02. The number of aliphatic hydroxyl groups excluding tert-OH is 1. The van der Waals surface area contributed by atoms with Crippen molar-refractivity contribution in [2.24, 2.45) is 0 Å². The number of hydrogen-bond acceptors (Lipinski definition) is 3. The molecule has 1 fully saturated rings. The highest BCUT2D eigenvalue weighted by atomic mass is 16.3. The number of likely N-dealkylation sites (tertiary alicyclic amines) is 1. The normalized spacial score (nSPS) is 19.5. The largest absolute Gasteiger partial charge is 0.396 e. The molecule has 1 unspecified atom stereocenters. The molecule has 0 spiro atoms. The molecule has 1 atom stereocenters. The van der Waals surface area contributed by atoms with E-state index in [1.165, 1.54) is 0 Å². The minimum Gasteiger partial charge on any atom is -0.396 e. The van der Waals surface area contributed by atoms with Gasteiger partial charge in [0.05, 0.1) is 0 Å². The monoisotopic (exact) mass is 274 g/mol. The van der Waals surface area contributed by atoms with Crippen LogP contribution < -0.4 is 0 Å². The van der Waals surface area contributed by atoms with E-state index in [1.54, 1.807) is 18.5 Å². The summed E-state index contributed by atoms with van der Waals surface area (Å²) >= 11 is 0. The number of carbonyl (C=O) groups excluding carboxylic acids is 1. The van der Waals surface area contributed by atoms with E-state index in [4.69, 9.17) is 5.11 Å². The van der Waals surface area contributed by atoms with Gasteiger partial charge in [0.2, 0.25) is 5.91 Å². The summed E-state index contributed by atoms with van der Waals surface area (Å²) in [5, 5.41) is 9.09. The number of hydrogen-bond donors (Lipinski definition) is 1. The molecule has 2 heterocycles. The Morgan fingerprint density at radius 2 is 2.35 bits per heavy atom. The lowest BCUT2D eigenvalue weighted by molar-refractivity contribution is -0.129. The predicted octanol–water partition coefficient (Wildman–Crippen LogP) is 2.17. The van der Waals surface area contributed by atoms with Crippen LogP contribution in [0.2, 0.25) is 0 Å². The van der Waals surface area contributed by atoms with Crippen molar-refractivity contribution in [3.63, 3.8) is 0 Å². The van der Waals surface area contributed by atoms with Gasteiger partial charge in [0.1, 0.15) is 0 Å². The third-order valence-electron chi connectivity index (χ3n) is 3.69. The topological polar surface area (TPSA) is 53.4 Å². The van der Waals surface area contributed by atoms with Gasteiger partial charge in [-0.3, -0.25) is 9.78 Å². The van der Waals surface area contributed by atoms with Gasteiger partial charge in [-0.05, 0) is 55.9 Å². The van der Waals surface area contributed by atoms with Gasteiger partial charge in [-0.2, -0.15) is 0 Å². The number of nitrogens with zero attached hydrogens (tertiary/aromatic N) is 2. The Morgan fingerprint density at radius 3 is 3.10 bits per heavy atom. The molecule has 0 radical (unpaired) electrons. The zero-order valence-corrected chi connectivity index (χ0v) is 12.0. The third kappa shape index (κ3) is 3.90. The highest BCUT2D eigenvalue weighted by Crippen LogP contribution is 2.20. The number of rotatable bonds is 4. The minimum absolute atomic E-state index is 0.0321. The second kappa shape index (κ2) is 7.20. The SMILES string of the molecule is Cc1cncc(/C=C/C(=O)N2CCCCC2CCO)c1. The fraction of sp³-hybridized carbons (Fsp3) is 0.500. The van der Waals surface area contributed by atoms with Crippen LogP contribution in [0.4, 0.5) is 0 Å². The maximum Gasteiger partial charge on any atom is 0.246 e. The fourth-order valence-electron chi connectivity index (χ4n) is 2.67. The second-order valence-corrected chi connectivity index (χ2v) is 5.32. The Labute approximate surface area is 120 Å².